The molecule has 0 spiro atoms. The van der Waals surface area contributed by atoms with Crippen LogP contribution in [0.4, 0.5) is 0 Å². The molecule has 0 fully saturated rings. The van der Waals surface area contributed by atoms with Crippen LogP contribution in [0, 0.1) is 36.9 Å². The molecule has 1 radical (unpaired) electrons. The predicted octanol–water partition coefficient (Wildman–Crippen LogP) is -1.58. The van der Waals surface area contributed by atoms with E-state index >= 15 is 0 Å². The zero-order valence-electron chi connectivity index (χ0n) is 2.46. The average Bonchev–Trinajstić information content (AvgIpc) is 0.722. The van der Waals surface area contributed by atoms with Gasteiger partial charge in [0.25, 0.3) is 0 Å². The van der Waals surface area contributed by atoms with Gasteiger partial charge in [0, 0.05) is 36.9 Å². The Morgan fingerprint density at radius 2 is 1.14 bits per heavy atom. The SMILES string of the molecule is O=P(O)(O)O.[KH].[Lu]. The molecule has 0 aromatic heterocycles. The molecule has 7 heavy (non-hydrogen) atoms. The van der Waals surface area contributed by atoms with Gasteiger partial charge in [-0.2, -0.15) is 0 Å². The van der Waals surface area contributed by atoms with Crippen molar-refractivity contribution in [3.63, 3.8) is 0 Å². The Morgan fingerprint density at radius 3 is 1.14 bits per heavy atom. The molecule has 4 nitrogen and oxygen atoms in total. The Morgan fingerprint density at radius 1 is 1.14 bits per heavy atom. The van der Waals surface area contributed by atoms with Crippen molar-refractivity contribution in [3.05, 3.63) is 0 Å². The van der Waals surface area contributed by atoms with E-state index in [2.05, 4.69) is 0 Å². The van der Waals surface area contributed by atoms with Crippen LogP contribution in [0.25, 0.3) is 0 Å². The maximum Gasteiger partial charge on any atom is 0 e. The molecule has 49 valence electrons. The van der Waals surface area contributed by atoms with Gasteiger partial charge >= 0.3 is 59.2 Å². The summed E-state index contributed by atoms with van der Waals surface area (Å²) in [6.45, 7) is 0. The Labute approximate surface area is 113 Å². The van der Waals surface area contributed by atoms with Gasteiger partial charge in [-0.3, -0.25) is 0 Å². The minimum absolute atomic E-state index is 0. The van der Waals surface area contributed by atoms with E-state index in [-0.39, 0.29) is 88.3 Å². The Hall–Kier alpha value is 2.98. The number of hydrogen-bond donors (Lipinski definition) is 3. The summed E-state index contributed by atoms with van der Waals surface area (Å²) in [6, 6.07) is 0. The molecular weight excluding hydrogens is 309 g/mol. The zero-order valence-corrected chi connectivity index (χ0v) is 5.01. The molecule has 0 aliphatic rings. The summed E-state index contributed by atoms with van der Waals surface area (Å²) in [7, 11) is -4.64. The van der Waals surface area contributed by atoms with Crippen molar-refractivity contribution >= 4 is 59.2 Å². The normalized spacial score (nSPS) is 8.43. The smallest absolute Gasteiger partial charge is 0 e. The average molecular weight is 313 g/mol. The third-order valence-corrected chi connectivity index (χ3v) is 0. The molecule has 0 bridgehead atoms. The standard InChI is InChI=1S/K.Lu.H3O4P.H/c;;1-5(2,3)4;/h;;(H3,1,2,3,4);. The van der Waals surface area contributed by atoms with Gasteiger partial charge in [0.05, 0.1) is 0 Å². The molecule has 0 atom stereocenters. The summed E-state index contributed by atoms with van der Waals surface area (Å²) in [5.41, 5.74) is 0. The number of rotatable bonds is 0. The van der Waals surface area contributed by atoms with Gasteiger partial charge in [-0.05, 0) is 0 Å². The quantitative estimate of drug-likeness (QED) is 0.373. The van der Waals surface area contributed by atoms with Gasteiger partial charge in [0.15, 0.2) is 0 Å². The molecule has 0 aliphatic heterocycles. The first-order chi connectivity index (χ1) is 2.00. The molecule has 3 N–H and O–H groups in total. The second-order valence-electron chi connectivity index (χ2n) is 0.513. The largest absolute Gasteiger partial charge is 0 e. The van der Waals surface area contributed by atoms with Crippen LogP contribution in [0.2, 0.25) is 0 Å². The molecule has 0 heterocycles. The van der Waals surface area contributed by atoms with Gasteiger partial charge in [-0.1, -0.05) is 0 Å². The predicted molar refractivity (Wildman–Crippen MR) is 21.4 cm³/mol. The molecular formula is H4KLuO4P. The van der Waals surface area contributed by atoms with E-state index in [1.54, 1.807) is 0 Å². The van der Waals surface area contributed by atoms with Crippen molar-refractivity contribution in [2.24, 2.45) is 0 Å². The fourth-order valence-corrected chi connectivity index (χ4v) is 0. The molecule has 0 unspecified atom stereocenters. The first-order valence-electron chi connectivity index (χ1n) is 0.783. The number of hydrogen-bond acceptors (Lipinski definition) is 1. The second-order valence-corrected chi connectivity index (χ2v) is 1.54. The molecule has 7 heteroatoms. The summed E-state index contributed by atoms with van der Waals surface area (Å²) >= 11 is 0. The van der Waals surface area contributed by atoms with E-state index in [9.17, 15) is 0 Å². The summed E-state index contributed by atoms with van der Waals surface area (Å²) < 4.78 is 8.88. The van der Waals surface area contributed by atoms with E-state index in [1.807, 2.05) is 0 Å². The van der Waals surface area contributed by atoms with Crippen LogP contribution in [0.15, 0.2) is 0 Å². The minimum Gasteiger partial charge on any atom is 0 e. The van der Waals surface area contributed by atoms with Crippen molar-refractivity contribution in [1.82, 2.24) is 0 Å². The first kappa shape index (κ1) is 16.5. The zero-order chi connectivity index (χ0) is 4.50. The maximum absolute atomic E-state index is 8.88. The number of phosphoric acid groups is 1. The van der Waals surface area contributed by atoms with Gasteiger partial charge < -0.3 is 14.7 Å². The molecule has 0 saturated carbocycles. The monoisotopic (exact) mass is 313 g/mol. The Balaban J connectivity index is -0.0000000800. The van der Waals surface area contributed by atoms with Crippen molar-refractivity contribution in [3.8, 4) is 0 Å². The van der Waals surface area contributed by atoms with Gasteiger partial charge in [-0.25, -0.2) is 4.57 Å². The van der Waals surface area contributed by atoms with Crippen LogP contribution in [-0.2, 0) is 4.57 Å². The summed E-state index contributed by atoms with van der Waals surface area (Å²) in [6.07, 6.45) is 0. The van der Waals surface area contributed by atoms with E-state index in [4.69, 9.17) is 19.2 Å². The van der Waals surface area contributed by atoms with Crippen LogP contribution in [0.3, 0.4) is 0 Å². The third kappa shape index (κ3) is 49.3. The van der Waals surface area contributed by atoms with Crippen LogP contribution in [-0.4, -0.2) is 66.1 Å². The van der Waals surface area contributed by atoms with Crippen molar-refractivity contribution in [2.45, 2.75) is 0 Å². The van der Waals surface area contributed by atoms with E-state index in [0.717, 1.165) is 0 Å². The summed E-state index contributed by atoms with van der Waals surface area (Å²) in [5, 5.41) is 0. The second kappa shape index (κ2) is 7.09. The van der Waals surface area contributed by atoms with E-state index < -0.39 is 7.82 Å². The van der Waals surface area contributed by atoms with Gasteiger partial charge in [0.2, 0.25) is 0 Å². The minimum atomic E-state index is -4.64. The molecule has 0 saturated heterocycles. The van der Waals surface area contributed by atoms with Crippen molar-refractivity contribution < 1.29 is 56.1 Å². The third-order valence-electron chi connectivity index (χ3n) is 0. The van der Waals surface area contributed by atoms with Crippen molar-refractivity contribution in [1.29, 1.82) is 0 Å². The molecule has 0 aromatic rings. The Kier molecular flexibility index (Phi) is 16.7. The fraction of sp³-hybridized carbons (Fsp3) is 0. The molecule has 0 aliphatic carbocycles. The van der Waals surface area contributed by atoms with Crippen LogP contribution in [0.1, 0.15) is 0 Å². The van der Waals surface area contributed by atoms with E-state index in [0.29, 0.717) is 0 Å². The van der Waals surface area contributed by atoms with Crippen LogP contribution >= 0.6 is 7.82 Å². The topological polar surface area (TPSA) is 77.8 Å². The van der Waals surface area contributed by atoms with Crippen LogP contribution in [0.5, 0.6) is 0 Å². The maximum atomic E-state index is 8.88. The molecule has 0 rings (SSSR count). The van der Waals surface area contributed by atoms with E-state index in [1.165, 1.54) is 0 Å². The Bertz CT molecular complexity index is 57.8. The first-order valence-corrected chi connectivity index (χ1v) is 2.35. The molecule has 0 aromatic carbocycles. The van der Waals surface area contributed by atoms with Gasteiger partial charge in [-0.15, -0.1) is 0 Å². The van der Waals surface area contributed by atoms with Crippen molar-refractivity contribution in [2.75, 3.05) is 0 Å². The van der Waals surface area contributed by atoms with Gasteiger partial charge in [0.1, 0.15) is 0 Å². The molecule has 0 amide bonds. The van der Waals surface area contributed by atoms with Crippen LogP contribution < -0.4 is 0 Å². The summed E-state index contributed by atoms with van der Waals surface area (Å²) in [5.74, 6) is 0. The fourth-order valence-electron chi connectivity index (χ4n) is 0. The summed E-state index contributed by atoms with van der Waals surface area (Å²) in [4.78, 5) is 21.6.